The van der Waals surface area contributed by atoms with Crippen molar-refractivity contribution in [2.24, 2.45) is 0 Å². The van der Waals surface area contributed by atoms with Gasteiger partial charge >= 0.3 is 0 Å². The third kappa shape index (κ3) is 5.40. The van der Waals surface area contributed by atoms with E-state index in [-0.39, 0.29) is 21.9 Å². The van der Waals surface area contributed by atoms with Crippen LogP contribution < -0.4 is 5.56 Å². The summed E-state index contributed by atoms with van der Waals surface area (Å²) in [4.78, 5) is 20.2. The lowest BCUT2D eigenvalue weighted by atomic mass is 10.1. The van der Waals surface area contributed by atoms with E-state index in [9.17, 15) is 18.5 Å². The summed E-state index contributed by atoms with van der Waals surface area (Å²) in [5.74, 6) is 0.136. The summed E-state index contributed by atoms with van der Waals surface area (Å²) in [5, 5.41) is 15.4. The molecule has 210 valence electrons. The minimum atomic E-state index is -3.69. The predicted molar refractivity (Wildman–Crippen MR) is 162 cm³/mol. The quantitative estimate of drug-likeness (QED) is 0.270. The van der Waals surface area contributed by atoms with Gasteiger partial charge in [0.05, 0.1) is 27.1 Å². The van der Waals surface area contributed by atoms with Gasteiger partial charge in [0.15, 0.2) is 5.82 Å². The minimum Gasteiger partial charge on any atom is -0.305 e. The Balaban J connectivity index is 1.48. The van der Waals surface area contributed by atoms with E-state index in [1.165, 1.54) is 0 Å². The van der Waals surface area contributed by atoms with Crippen molar-refractivity contribution in [3.63, 3.8) is 0 Å². The van der Waals surface area contributed by atoms with Crippen LogP contribution in [0.5, 0.6) is 0 Å². The number of aromatic nitrogens is 4. The average molecular weight is 577 g/mol. The van der Waals surface area contributed by atoms with E-state index in [1.54, 1.807) is 69.8 Å². The molecule has 0 aliphatic carbocycles. The molecular formula is C32H28N6O3S. The van der Waals surface area contributed by atoms with Crippen molar-refractivity contribution >= 4 is 32.6 Å². The average Bonchev–Trinajstić information content (AvgIpc) is 3.24. The van der Waals surface area contributed by atoms with Gasteiger partial charge in [-0.3, -0.25) is 4.79 Å². The fraction of sp³-hybridized carbons (Fsp3) is 0.188. The lowest BCUT2D eigenvalue weighted by molar-refractivity contribution is 0.424. The molecule has 0 radical (unpaired) electrons. The van der Waals surface area contributed by atoms with E-state index in [1.807, 2.05) is 30.3 Å². The number of sulfonamides is 1. The molecule has 5 aromatic rings. The van der Waals surface area contributed by atoms with Crippen LogP contribution in [-0.4, -0.2) is 45.6 Å². The first kappa shape index (κ1) is 27.3. The molecule has 1 fully saturated rings. The highest BCUT2D eigenvalue weighted by molar-refractivity contribution is 7.89. The summed E-state index contributed by atoms with van der Waals surface area (Å²) >= 11 is 0. The van der Waals surface area contributed by atoms with E-state index >= 15 is 0 Å². The van der Waals surface area contributed by atoms with Crippen molar-refractivity contribution in [2.45, 2.75) is 30.6 Å². The summed E-state index contributed by atoms with van der Waals surface area (Å²) in [6.07, 6.45) is 7.13. The van der Waals surface area contributed by atoms with Crippen molar-refractivity contribution < 1.29 is 8.42 Å². The molecule has 0 unspecified atom stereocenters. The number of aromatic amines is 1. The number of rotatable bonds is 6. The number of allylic oxidation sites excluding steroid dienone is 1. The first-order chi connectivity index (χ1) is 20.4. The molecular weight excluding hydrogens is 548 g/mol. The highest BCUT2D eigenvalue weighted by Crippen LogP contribution is 2.30. The van der Waals surface area contributed by atoms with Crippen LogP contribution in [0.15, 0.2) is 94.7 Å². The normalized spacial score (nSPS) is 14.9. The SMILES string of the molecule is N#C/C(=C/c1cn(-c2ccccc2)nc1-c1cccc(S(=O)(=O)N2CCCCCC2)c1)c1nc2ccccc2c(=O)[nH]1. The molecule has 6 rings (SSSR count). The van der Waals surface area contributed by atoms with E-state index in [0.29, 0.717) is 40.8 Å². The maximum atomic E-state index is 13.6. The Hall–Kier alpha value is -4.85. The molecule has 1 N–H and O–H groups in total. The van der Waals surface area contributed by atoms with E-state index in [0.717, 1.165) is 31.4 Å². The minimum absolute atomic E-state index is 0.136. The topological polar surface area (TPSA) is 125 Å². The van der Waals surface area contributed by atoms with Gasteiger partial charge in [0.25, 0.3) is 5.56 Å². The molecule has 42 heavy (non-hydrogen) atoms. The van der Waals surface area contributed by atoms with Crippen LogP contribution in [0.3, 0.4) is 0 Å². The Bertz CT molecular complexity index is 2000. The Kier molecular flexibility index (Phi) is 7.52. The third-order valence-corrected chi connectivity index (χ3v) is 9.26. The van der Waals surface area contributed by atoms with E-state index < -0.39 is 10.0 Å². The highest BCUT2D eigenvalue weighted by Gasteiger charge is 2.26. The third-order valence-electron chi connectivity index (χ3n) is 7.36. The summed E-state index contributed by atoms with van der Waals surface area (Å²) < 4.78 is 30.4. The highest BCUT2D eigenvalue weighted by atomic mass is 32.2. The zero-order valence-corrected chi connectivity index (χ0v) is 23.6. The Morgan fingerprint density at radius 3 is 2.43 bits per heavy atom. The Morgan fingerprint density at radius 1 is 0.929 bits per heavy atom. The standard InChI is InChI=1S/C32H28N6O3S/c33-21-24(31-34-29-16-7-6-15-28(29)32(39)35-31)19-25-22-38(26-12-4-3-5-13-26)36-30(25)23-11-10-14-27(20-23)42(40,41)37-17-8-1-2-9-18-37/h3-7,10-16,19-20,22H,1-2,8-9,17-18H2,(H,34,35,39)/b24-19-. The zero-order chi connectivity index (χ0) is 29.1. The van der Waals surface area contributed by atoms with Crippen molar-refractivity contribution in [1.29, 1.82) is 5.26 Å². The number of nitrogens with one attached hydrogen (secondary N) is 1. The van der Waals surface area contributed by atoms with Gasteiger partial charge in [0.1, 0.15) is 11.8 Å². The van der Waals surface area contributed by atoms with Gasteiger partial charge in [-0.05, 0) is 55.3 Å². The molecule has 0 amide bonds. The van der Waals surface area contributed by atoms with Crippen LogP contribution in [0.4, 0.5) is 0 Å². The number of benzene rings is 3. The van der Waals surface area contributed by atoms with Crippen molar-refractivity contribution in [1.82, 2.24) is 24.1 Å². The smallest absolute Gasteiger partial charge is 0.259 e. The zero-order valence-electron chi connectivity index (χ0n) is 22.8. The molecule has 10 heteroatoms. The van der Waals surface area contributed by atoms with Crippen LogP contribution in [0, 0.1) is 11.3 Å². The summed E-state index contributed by atoms with van der Waals surface area (Å²) in [6, 6.07) is 25.3. The number of H-pyrrole nitrogens is 1. The van der Waals surface area contributed by atoms with Gasteiger partial charge in [-0.15, -0.1) is 0 Å². The molecule has 0 saturated carbocycles. The first-order valence-electron chi connectivity index (χ1n) is 13.8. The molecule has 1 saturated heterocycles. The molecule has 2 aromatic heterocycles. The number of fused-ring (bicyclic) bond motifs is 1. The maximum absolute atomic E-state index is 13.6. The van der Waals surface area contributed by atoms with Crippen LogP contribution in [-0.2, 0) is 10.0 Å². The van der Waals surface area contributed by atoms with Gasteiger partial charge in [-0.2, -0.15) is 14.7 Å². The lowest BCUT2D eigenvalue weighted by Gasteiger charge is -2.20. The van der Waals surface area contributed by atoms with Crippen LogP contribution in [0.2, 0.25) is 0 Å². The Labute approximate surface area is 243 Å². The number of hydrogen-bond acceptors (Lipinski definition) is 6. The van der Waals surface area contributed by atoms with Crippen molar-refractivity contribution in [3.8, 4) is 23.0 Å². The molecule has 1 aliphatic rings. The summed E-state index contributed by atoms with van der Waals surface area (Å²) in [5.41, 5.74) is 2.71. The second-order valence-corrected chi connectivity index (χ2v) is 12.1. The summed E-state index contributed by atoms with van der Waals surface area (Å²) in [6.45, 7) is 1.01. The largest absolute Gasteiger partial charge is 0.305 e. The van der Waals surface area contributed by atoms with Crippen LogP contribution in [0.1, 0.15) is 37.1 Å². The van der Waals surface area contributed by atoms with E-state index in [2.05, 4.69) is 16.0 Å². The van der Waals surface area contributed by atoms with Gasteiger partial charge < -0.3 is 4.98 Å². The van der Waals surface area contributed by atoms with Crippen LogP contribution >= 0.6 is 0 Å². The molecule has 3 heterocycles. The first-order valence-corrected chi connectivity index (χ1v) is 15.2. The molecule has 0 bridgehead atoms. The van der Waals surface area contributed by atoms with Gasteiger partial charge in [0.2, 0.25) is 10.0 Å². The molecule has 0 atom stereocenters. The molecule has 9 nitrogen and oxygen atoms in total. The summed E-state index contributed by atoms with van der Waals surface area (Å²) in [7, 11) is -3.69. The second-order valence-electron chi connectivity index (χ2n) is 10.2. The van der Waals surface area contributed by atoms with Gasteiger partial charge in [-0.1, -0.05) is 55.3 Å². The van der Waals surface area contributed by atoms with Gasteiger partial charge in [0, 0.05) is 30.4 Å². The number of para-hydroxylation sites is 2. The molecule has 1 aliphatic heterocycles. The molecule has 3 aromatic carbocycles. The van der Waals surface area contributed by atoms with Crippen molar-refractivity contribution in [3.05, 3.63) is 107 Å². The number of hydrogen-bond donors (Lipinski definition) is 1. The monoisotopic (exact) mass is 576 g/mol. The predicted octanol–water partition coefficient (Wildman–Crippen LogP) is 5.40. The fourth-order valence-corrected chi connectivity index (χ4v) is 6.75. The number of nitriles is 1. The Morgan fingerprint density at radius 2 is 1.67 bits per heavy atom. The van der Waals surface area contributed by atoms with Gasteiger partial charge in [-0.25, -0.2) is 18.1 Å². The fourth-order valence-electron chi connectivity index (χ4n) is 5.19. The van der Waals surface area contributed by atoms with Crippen molar-refractivity contribution in [2.75, 3.05) is 13.1 Å². The second kappa shape index (κ2) is 11.6. The number of nitrogens with zero attached hydrogens (tertiary/aromatic N) is 5. The molecule has 0 spiro atoms. The lowest BCUT2D eigenvalue weighted by Crippen LogP contribution is -2.31. The van der Waals surface area contributed by atoms with E-state index in [4.69, 9.17) is 5.10 Å². The van der Waals surface area contributed by atoms with Crippen LogP contribution in [0.25, 0.3) is 39.5 Å². The maximum Gasteiger partial charge on any atom is 0.259 e.